The van der Waals surface area contributed by atoms with Gasteiger partial charge in [-0.2, -0.15) is 4.98 Å². The van der Waals surface area contributed by atoms with Crippen LogP contribution >= 0.6 is 0 Å². The number of nitrogens with two attached hydrogens (primary N) is 1. The topological polar surface area (TPSA) is 98.2 Å². The van der Waals surface area contributed by atoms with E-state index in [1.807, 2.05) is 32.0 Å². The Kier molecular flexibility index (Phi) is 3.51. The van der Waals surface area contributed by atoms with Crippen molar-refractivity contribution in [2.45, 2.75) is 13.8 Å². The van der Waals surface area contributed by atoms with E-state index < -0.39 is 4.92 Å². The van der Waals surface area contributed by atoms with Gasteiger partial charge in [0.1, 0.15) is 6.20 Å². The molecule has 7 heteroatoms. The standard InChI is InChI=1S/C13H15N5O2/c1-8-4-5-10(9(2)6-8)17(3)12-11(18(19)20)7-15-13(14)16-12/h4-7H,1-3H3,(H2,14,15,16). The van der Waals surface area contributed by atoms with Crippen molar-refractivity contribution in [2.24, 2.45) is 0 Å². The third-order valence-corrected chi connectivity index (χ3v) is 3.00. The Bertz CT molecular complexity index is 672. The van der Waals surface area contributed by atoms with Crippen LogP contribution < -0.4 is 10.6 Å². The molecular formula is C13H15N5O2. The third kappa shape index (κ3) is 2.51. The summed E-state index contributed by atoms with van der Waals surface area (Å²) in [5.41, 5.74) is 8.31. The Balaban J connectivity index is 2.55. The van der Waals surface area contributed by atoms with E-state index in [0.29, 0.717) is 0 Å². The first-order valence-corrected chi connectivity index (χ1v) is 5.98. The lowest BCUT2D eigenvalue weighted by molar-refractivity contribution is -0.384. The second-order valence-corrected chi connectivity index (χ2v) is 4.54. The van der Waals surface area contributed by atoms with Crippen LogP contribution in [0, 0.1) is 24.0 Å². The molecule has 1 aromatic carbocycles. The molecule has 0 atom stereocenters. The summed E-state index contributed by atoms with van der Waals surface area (Å²) in [7, 11) is 1.71. The Morgan fingerprint density at radius 1 is 1.35 bits per heavy atom. The molecular weight excluding hydrogens is 258 g/mol. The highest BCUT2D eigenvalue weighted by atomic mass is 16.6. The summed E-state index contributed by atoms with van der Waals surface area (Å²) in [5, 5.41) is 11.1. The molecule has 0 fully saturated rings. The molecule has 0 saturated heterocycles. The first-order valence-electron chi connectivity index (χ1n) is 5.98. The summed E-state index contributed by atoms with van der Waals surface area (Å²) in [6, 6.07) is 5.84. The molecule has 0 bridgehead atoms. The molecule has 0 spiro atoms. The summed E-state index contributed by atoms with van der Waals surface area (Å²) < 4.78 is 0. The van der Waals surface area contributed by atoms with Crippen molar-refractivity contribution in [1.82, 2.24) is 9.97 Å². The van der Waals surface area contributed by atoms with Crippen LogP contribution in [0.15, 0.2) is 24.4 Å². The zero-order chi connectivity index (χ0) is 14.9. The largest absolute Gasteiger partial charge is 0.368 e. The first-order chi connectivity index (χ1) is 9.40. The van der Waals surface area contributed by atoms with E-state index in [1.165, 1.54) is 0 Å². The van der Waals surface area contributed by atoms with Crippen molar-refractivity contribution < 1.29 is 4.92 Å². The molecule has 2 rings (SSSR count). The van der Waals surface area contributed by atoms with E-state index in [0.717, 1.165) is 23.0 Å². The van der Waals surface area contributed by atoms with Crippen LogP contribution in [0.4, 0.5) is 23.1 Å². The number of nitrogen functional groups attached to an aromatic ring is 1. The number of nitrogens with zero attached hydrogens (tertiary/aromatic N) is 4. The van der Waals surface area contributed by atoms with Crippen molar-refractivity contribution >= 4 is 23.1 Å². The summed E-state index contributed by atoms with van der Waals surface area (Å²) in [6.45, 7) is 3.93. The van der Waals surface area contributed by atoms with Gasteiger partial charge >= 0.3 is 5.69 Å². The number of aromatic nitrogens is 2. The van der Waals surface area contributed by atoms with Gasteiger partial charge in [-0.15, -0.1) is 0 Å². The minimum Gasteiger partial charge on any atom is -0.368 e. The number of rotatable bonds is 3. The van der Waals surface area contributed by atoms with E-state index >= 15 is 0 Å². The van der Waals surface area contributed by atoms with Gasteiger partial charge in [0.05, 0.1) is 4.92 Å². The number of anilines is 3. The molecule has 0 aliphatic rings. The number of aryl methyl sites for hydroxylation is 2. The fraction of sp³-hybridized carbons (Fsp3) is 0.231. The summed E-state index contributed by atoms with van der Waals surface area (Å²) in [5.74, 6) is 0.177. The highest BCUT2D eigenvalue weighted by molar-refractivity contribution is 5.70. The van der Waals surface area contributed by atoms with E-state index in [2.05, 4.69) is 9.97 Å². The predicted octanol–water partition coefficient (Wildman–Crippen LogP) is 2.35. The first kappa shape index (κ1) is 13.7. The second kappa shape index (κ2) is 5.12. The molecule has 104 valence electrons. The van der Waals surface area contributed by atoms with Gasteiger partial charge < -0.3 is 10.6 Å². The molecule has 1 aromatic heterocycles. The lowest BCUT2D eigenvalue weighted by atomic mass is 10.1. The van der Waals surface area contributed by atoms with Crippen LogP contribution in [0.2, 0.25) is 0 Å². The zero-order valence-corrected chi connectivity index (χ0v) is 11.5. The Hall–Kier alpha value is -2.70. The predicted molar refractivity (Wildman–Crippen MR) is 77.1 cm³/mol. The van der Waals surface area contributed by atoms with Crippen LogP contribution in [-0.4, -0.2) is 21.9 Å². The number of hydrogen-bond acceptors (Lipinski definition) is 6. The number of nitro groups is 1. The van der Waals surface area contributed by atoms with Crippen molar-refractivity contribution in [2.75, 3.05) is 17.7 Å². The lowest BCUT2D eigenvalue weighted by Gasteiger charge is -2.20. The van der Waals surface area contributed by atoms with Gasteiger partial charge in [0.2, 0.25) is 11.8 Å². The molecule has 0 amide bonds. The van der Waals surface area contributed by atoms with E-state index in [4.69, 9.17) is 5.73 Å². The fourth-order valence-electron chi connectivity index (χ4n) is 2.05. The maximum atomic E-state index is 11.1. The average molecular weight is 273 g/mol. The Morgan fingerprint density at radius 3 is 2.65 bits per heavy atom. The lowest BCUT2D eigenvalue weighted by Crippen LogP contribution is -2.16. The van der Waals surface area contributed by atoms with Crippen LogP contribution in [0.1, 0.15) is 11.1 Å². The van der Waals surface area contributed by atoms with Crippen LogP contribution in [0.3, 0.4) is 0 Å². The van der Waals surface area contributed by atoms with Crippen molar-refractivity contribution in [3.63, 3.8) is 0 Å². The molecule has 2 aromatic rings. The highest BCUT2D eigenvalue weighted by Crippen LogP contribution is 2.32. The van der Waals surface area contributed by atoms with Crippen molar-refractivity contribution in [3.8, 4) is 0 Å². The minimum atomic E-state index is -0.519. The second-order valence-electron chi connectivity index (χ2n) is 4.54. The van der Waals surface area contributed by atoms with Gasteiger partial charge in [-0.05, 0) is 25.5 Å². The van der Waals surface area contributed by atoms with Crippen LogP contribution in [-0.2, 0) is 0 Å². The molecule has 0 saturated carbocycles. The van der Waals surface area contributed by atoms with Gasteiger partial charge in [0.25, 0.3) is 0 Å². The number of benzene rings is 1. The molecule has 0 aliphatic heterocycles. The average Bonchev–Trinajstić information content (AvgIpc) is 2.37. The molecule has 2 N–H and O–H groups in total. The molecule has 1 heterocycles. The van der Waals surface area contributed by atoms with E-state index in [9.17, 15) is 10.1 Å². The van der Waals surface area contributed by atoms with Crippen LogP contribution in [0.25, 0.3) is 0 Å². The monoisotopic (exact) mass is 273 g/mol. The maximum Gasteiger partial charge on any atom is 0.330 e. The quantitative estimate of drug-likeness (QED) is 0.680. The molecule has 7 nitrogen and oxygen atoms in total. The molecule has 0 aliphatic carbocycles. The Morgan fingerprint density at radius 2 is 2.05 bits per heavy atom. The van der Waals surface area contributed by atoms with Gasteiger partial charge in [0.15, 0.2) is 0 Å². The third-order valence-electron chi connectivity index (χ3n) is 3.00. The van der Waals surface area contributed by atoms with Crippen molar-refractivity contribution in [3.05, 3.63) is 45.6 Å². The van der Waals surface area contributed by atoms with Gasteiger partial charge in [-0.3, -0.25) is 10.1 Å². The van der Waals surface area contributed by atoms with Gasteiger partial charge in [-0.25, -0.2) is 4.98 Å². The normalized spacial score (nSPS) is 10.3. The van der Waals surface area contributed by atoms with Gasteiger partial charge in [-0.1, -0.05) is 17.7 Å². The summed E-state index contributed by atoms with van der Waals surface area (Å²) in [6.07, 6.45) is 1.12. The Labute approximate surface area is 116 Å². The van der Waals surface area contributed by atoms with Crippen LogP contribution in [0.5, 0.6) is 0 Å². The number of hydrogen-bond donors (Lipinski definition) is 1. The molecule has 0 unspecified atom stereocenters. The zero-order valence-electron chi connectivity index (χ0n) is 11.5. The van der Waals surface area contributed by atoms with Crippen molar-refractivity contribution in [1.29, 1.82) is 0 Å². The van der Waals surface area contributed by atoms with E-state index in [-0.39, 0.29) is 17.5 Å². The summed E-state index contributed by atoms with van der Waals surface area (Å²) in [4.78, 5) is 19.8. The molecule has 20 heavy (non-hydrogen) atoms. The summed E-state index contributed by atoms with van der Waals surface area (Å²) >= 11 is 0. The maximum absolute atomic E-state index is 11.1. The van der Waals surface area contributed by atoms with E-state index in [1.54, 1.807) is 11.9 Å². The molecule has 0 radical (unpaired) electrons. The van der Waals surface area contributed by atoms with Gasteiger partial charge in [0, 0.05) is 12.7 Å². The highest BCUT2D eigenvalue weighted by Gasteiger charge is 2.22. The SMILES string of the molecule is Cc1ccc(N(C)c2nc(N)ncc2[N+](=O)[O-])c(C)c1. The smallest absolute Gasteiger partial charge is 0.330 e. The minimum absolute atomic E-state index is 0.00205. The fourth-order valence-corrected chi connectivity index (χ4v) is 2.05.